The number of benzene rings is 2. The molecule has 0 aliphatic carbocycles. The van der Waals surface area contributed by atoms with E-state index in [1.54, 1.807) is 43.1 Å². The van der Waals surface area contributed by atoms with Gasteiger partial charge in [-0.2, -0.15) is 0 Å². The summed E-state index contributed by atoms with van der Waals surface area (Å²) < 4.78 is 0. The van der Waals surface area contributed by atoms with Crippen LogP contribution in [-0.2, 0) is 9.59 Å². The number of likely N-dealkylation sites (N-methyl/N-ethyl adjacent to an activating group) is 1. The lowest BCUT2D eigenvalue weighted by molar-refractivity contribution is -0.122. The summed E-state index contributed by atoms with van der Waals surface area (Å²) in [5.41, 5.74) is 3.46. The SMILES string of the molecule is Cc1cccc(C)c1NC(=O)CN(C)C(C)C(=O)Nc1cccc(Cl)c1. The van der Waals surface area contributed by atoms with E-state index in [1.165, 1.54) is 0 Å². The maximum absolute atomic E-state index is 12.4. The van der Waals surface area contributed by atoms with Crippen molar-refractivity contribution in [2.45, 2.75) is 26.8 Å². The molecule has 2 aromatic rings. The van der Waals surface area contributed by atoms with Crippen LogP contribution in [0.15, 0.2) is 42.5 Å². The van der Waals surface area contributed by atoms with Crippen LogP contribution in [0.4, 0.5) is 11.4 Å². The summed E-state index contributed by atoms with van der Waals surface area (Å²) >= 11 is 5.93. The molecule has 6 heteroatoms. The molecule has 26 heavy (non-hydrogen) atoms. The van der Waals surface area contributed by atoms with Crippen molar-refractivity contribution in [2.24, 2.45) is 0 Å². The van der Waals surface area contributed by atoms with Gasteiger partial charge < -0.3 is 10.6 Å². The van der Waals surface area contributed by atoms with Crippen molar-refractivity contribution >= 4 is 34.8 Å². The summed E-state index contributed by atoms with van der Waals surface area (Å²) in [6, 6.07) is 12.3. The zero-order chi connectivity index (χ0) is 19.3. The first kappa shape index (κ1) is 19.9. The van der Waals surface area contributed by atoms with E-state index in [0.717, 1.165) is 16.8 Å². The van der Waals surface area contributed by atoms with Crippen LogP contribution in [0.3, 0.4) is 0 Å². The van der Waals surface area contributed by atoms with Crippen molar-refractivity contribution in [3.63, 3.8) is 0 Å². The predicted molar refractivity (Wildman–Crippen MR) is 107 cm³/mol. The summed E-state index contributed by atoms with van der Waals surface area (Å²) in [5.74, 6) is -0.359. The molecule has 2 aromatic carbocycles. The Bertz CT molecular complexity index is 787. The molecule has 138 valence electrons. The van der Waals surface area contributed by atoms with Crippen molar-refractivity contribution in [3.8, 4) is 0 Å². The quantitative estimate of drug-likeness (QED) is 0.808. The highest BCUT2D eigenvalue weighted by molar-refractivity contribution is 6.30. The van der Waals surface area contributed by atoms with Gasteiger partial charge in [-0.3, -0.25) is 14.5 Å². The number of hydrogen-bond acceptors (Lipinski definition) is 3. The number of carbonyl (C=O) groups is 2. The van der Waals surface area contributed by atoms with Crippen LogP contribution in [0.1, 0.15) is 18.1 Å². The summed E-state index contributed by atoms with van der Waals surface area (Å²) in [6.07, 6.45) is 0. The van der Waals surface area contributed by atoms with Gasteiger partial charge in [0.2, 0.25) is 11.8 Å². The van der Waals surface area contributed by atoms with Crippen molar-refractivity contribution < 1.29 is 9.59 Å². The van der Waals surface area contributed by atoms with E-state index in [4.69, 9.17) is 11.6 Å². The van der Waals surface area contributed by atoms with E-state index in [9.17, 15) is 9.59 Å². The summed E-state index contributed by atoms with van der Waals surface area (Å²) in [4.78, 5) is 26.4. The van der Waals surface area contributed by atoms with Crippen molar-refractivity contribution in [3.05, 3.63) is 58.6 Å². The van der Waals surface area contributed by atoms with Gasteiger partial charge in [0.25, 0.3) is 0 Å². The highest BCUT2D eigenvalue weighted by Gasteiger charge is 2.20. The monoisotopic (exact) mass is 373 g/mol. The third-order valence-corrected chi connectivity index (χ3v) is 4.51. The molecule has 0 bridgehead atoms. The number of nitrogens with one attached hydrogen (secondary N) is 2. The largest absolute Gasteiger partial charge is 0.325 e. The smallest absolute Gasteiger partial charge is 0.241 e. The van der Waals surface area contributed by atoms with E-state index >= 15 is 0 Å². The molecule has 0 aliphatic heterocycles. The van der Waals surface area contributed by atoms with E-state index in [-0.39, 0.29) is 18.4 Å². The number of amides is 2. The Morgan fingerprint density at radius 2 is 1.69 bits per heavy atom. The van der Waals surface area contributed by atoms with Crippen LogP contribution in [0.25, 0.3) is 0 Å². The number of carbonyl (C=O) groups excluding carboxylic acids is 2. The summed E-state index contributed by atoms with van der Waals surface area (Å²) in [5, 5.41) is 6.29. The molecule has 0 fully saturated rings. The molecule has 5 nitrogen and oxygen atoms in total. The first-order valence-corrected chi connectivity index (χ1v) is 8.78. The fourth-order valence-electron chi connectivity index (χ4n) is 2.57. The Morgan fingerprint density at radius 1 is 1.08 bits per heavy atom. The summed E-state index contributed by atoms with van der Waals surface area (Å²) in [6.45, 7) is 5.77. The molecule has 0 spiro atoms. The topological polar surface area (TPSA) is 61.4 Å². The zero-order valence-corrected chi connectivity index (χ0v) is 16.2. The average molecular weight is 374 g/mol. The number of anilines is 2. The minimum atomic E-state index is -0.474. The second-order valence-electron chi connectivity index (χ2n) is 6.41. The first-order chi connectivity index (χ1) is 12.3. The second kappa shape index (κ2) is 8.83. The normalized spacial score (nSPS) is 11.9. The Kier molecular flexibility index (Phi) is 6.77. The van der Waals surface area contributed by atoms with Gasteiger partial charge in [0, 0.05) is 16.4 Å². The molecule has 0 saturated carbocycles. The Morgan fingerprint density at radius 3 is 2.31 bits per heavy atom. The Hall–Kier alpha value is -2.37. The fourth-order valence-corrected chi connectivity index (χ4v) is 2.76. The third-order valence-electron chi connectivity index (χ3n) is 4.27. The highest BCUT2D eigenvalue weighted by Crippen LogP contribution is 2.19. The van der Waals surface area contributed by atoms with Gasteiger partial charge in [0.05, 0.1) is 12.6 Å². The van der Waals surface area contributed by atoms with Crippen molar-refractivity contribution in [2.75, 3.05) is 24.2 Å². The lowest BCUT2D eigenvalue weighted by atomic mass is 10.1. The van der Waals surface area contributed by atoms with Crippen LogP contribution in [0.2, 0.25) is 5.02 Å². The van der Waals surface area contributed by atoms with E-state index < -0.39 is 6.04 Å². The van der Waals surface area contributed by atoms with Crippen molar-refractivity contribution in [1.82, 2.24) is 4.90 Å². The number of halogens is 1. The van der Waals surface area contributed by atoms with E-state index in [1.807, 2.05) is 32.0 Å². The van der Waals surface area contributed by atoms with Gasteiger partial charge >= 0.3 is 0 Å². The molecule has 0 radical (unpaired) electrons. The van der Waals surface area contributed by atoms with E-state index in [2.05, 4.69) is 10.6 Å². The number of aryl methyl sites for hydroxylation is 2. The highest BCUT2D eigenvalue weighted by atomic mass is 35.5. The first-order valence-electron chi connectivity index (χ1n) is 8.40. The number of rotatable bonds is 6. The second-order valence-corrected chi connectivity index (χ2v) is 6.84. The molecule has 1 atom stereocenters. The molecule has 2 amide bonds. The standard InChI is InChI=1S/C20H24ClN3O2/c1-13-7-5-8-14(2)19(13)23-18(25)12-24(4)15(3)20(26)22-17-10-6-9-16(21)11-17/h5-11,15H,12H2,1-4H3,(H,22,26)(H,23,25). The van der Waals surface area contributed by atoms with E-state index in [0.29, 0.717) is 10.7 Å². The molecule has 2 rings (SSSR count). The van der Waals surface area contributed by atoms with Crippen LogP contribution in [0.5, 0.6) is 0 Å². The minimum absolute atomic E-state index is 0.109. The lowest BCUT2D eigenvalue weighted by Gasteiger charge is -2.23. The fraction of sp³-hybridized carbons (Fsp3) is 0.300. The van der Waals surface area contributed by atoms with Crippen LogP contribution in [0, 0.1) is 13.8 Å². The number of para-hydroxylation sites is 1. The molecule has 0 aromatic heterocycles. The van der Waals surface area contributed by atoms with Gasteiger partial charge in [0.1, 0.15) is 0 Å². The van der Waals surface area contributed by atoms with Crippen molar-refractivity contribution in [1.29, 1.82) is 0 Å². The van der Waals surface area contributed by atoms with Crippen LogP contribution < -0.4 is 10.6 Å². The molecule has 1 unspecified atom stereocenters. The molecule has 2 N–H and O–H groups in total. The van der Waals surface area contributed by atoms with Gasteiger partial charge in [0.15, 0.2) is 0 Å². The average Bonchev–Trinajstić information content (AvgIpc) is 2.57. The Balaban J connectivity index is 1.94. The molecular weight excluding hydrogens is 350 g/mol. The third kappa shape index (κ3) is 5.31. The van der Waals surface area contributed by atoms with Gasteiger partial charge in [-0.15, -0.1) is 0 Å². The predicted octanol–water partition coefficient (Wildman–Crippen LogP) is 3.85. The maximum atomic E-state index is 12.4. The van der Waals surface area contributed by atoms with Gasteiger partial charge in [-0.25, -0.2) is 0 Å². The molecule has 0 heterocycles. The van der Waals surface area contributed by atoms with Gasteiger partial charge in [-0.05, 0) is 57.1 Å². The van der Waals surface area contributed by atoms with Crippen LogP contribution >= 0.6 is 11.6 Å². The minimum Gasteiger partial charge on any atom is -0.325 e. The van der Waals surface area contributed by atoms with Crippen LogP contribution in [-0.4, -0.2) is 36.3 Å². The molecular formula is C20H24ClN3O2. The molecule has 0 aliphatic rings. The number of nitrogens with zero attached hydrogens (tertiary/aromatic N) is 1. The zero-order valence-electron chi connectivity index (χ0n) is 15.5. The Labute approximate surface area is 159 Å². The number of hydrogen-bond donors (Lipinski definition) is 2. The maximum Gasteiger partial charge on any atom is 0.241 e. The lowest BCUT2D eigenvalue weighted by Crippen LogP contribution is -2.43. The van der Waals surface area contributed by atoms with Gasteiger partial charge in [-0.1, -0.05) is 35.9 Å². The summed E-state index contributed by atoms with van der Waals surface area (Å²) in [7, 11) is 1.74. The molecule has 0 saturated heterocycles.